The minimum atomic E-state index is -0.334. The fraction of sp³-hybridized carbons (Fsp3) is 0.296. The number of ether oxygens (including phenoxy) is 2. The number of rotatable bonds is 8. The summed E-state index contributed by atoms with van der Waals surface area (Å²) in [5.74, 6) is 0.445. The summed E-state index contributed by atoms with van der Waals surface area (Å²) < 4.78 is 24.9. The molecule has 1 saturated heterocycles. The zero-order chi connectivity index (χ0) is 24.6. The molecule has 1 aliphatic heterocycles. The molecule has 184 valence electrons. The molecule has 0 saturated carbocycles. The van der Waals surface area contributed by atoms with Gasteiger partial charge in [-0.05, 0) is 59.7 Å². The Morgan fingerprint density at radius 1 is 1.03 bits per heavy atom. The highest BCUT2D eigenvalue weighted by Gasteiger charge is 2.24. The van der Waals surface area contributed by atoms with Gasteiger partial charge in [0, 0.05) is 43.4 Å². The second-order valence-corrected chi connectivity index (χ2v) is 8.87. The Hall–Kier alpha value is -3.13. The quantitative estimate of drug-likeness (QED) is 0.440. The number of benzene rings is 3. The van der Waals surface area contributed by atoms with E-state index in [0.717, 1.165) is 30.0 Å². The number of nitrogens with zero attached hydrogens (tertiary/aromatic N) is 2. The van der Waals surface area contributed by atoms with E-state index >= 15 is 0 Å². The van der Waals surface area contributed by atoms with E-state index < -0.39 is 0 Å². The third-order valence-electron chi connectivity index (χ3n) is 5.98. The summed E-state index contributed by atoms with van der Waals surface area (Å²) in [5, 5.41) is 3.51. The van der Waals surface area contributed by atoms with E-state index in [4.69, 9.17) is 21.1 Å². The van der Waals surface area contributed by atoms with Crippen molar-refractivity contribution in [1.82, 2.24) is 9.80 Å². The number of nitrogens with one attached hydrogen (secondary N) is 1. The van der Waals surface area contributed by atoms with Gasteiger partial charge in [-0.15, -0.1) is 0 Å². The number of hydrogen-bond acceptors (Lipinski definition) is 4. The van der Waals surface area contributed by atoms with Gasteiger partial charge < -0.3 is 19.7 Å². The zero-order valence-electron chi connectivity index (χ0n) is 19.6. The summed E-state index contributed by atoms with van der Waals surface area (Å²) in [6.45, 7) is 3.73. The molecule has 0 aliphatic carbocycles. The molecule has 0 bridgehead atoms. The summed E-state index contributed by atoms with van der Waals surface area (Å²) >= 11 is 6.14. The topological polar surface area (TPSA) is 54.0 Å². The first-order valence-corrected chi connectivity index (χ1v) is 11.9. The van der Waals surface area contributed by atoms with Crippen LogP contribution in [-0.2, 0) is 11.3 Å². The lowest BCUT2D eigenvalue weighted by Crippen LogP contribution is -2.50. The van der Waals surface area contributed by atoms with Gasteiger partial charge in [0.15, 0.2) is 0 Å². The lowest BCUT2D eigenvalue weighted by Gasteiger charge is -2.36. The summed E-state index contributed by atoms with van der Waals surface area (Å²) in [6.07, 6.45) is -0.177. The van der Waals surface area contributed by atoms with Gasteiger partial charge in [0.05, 0.1) is 19.8 Å². The summed E-state index contributed by atoms with van der Waals surface area (Å²) in [6, 6.07) is 21.1. The fourth-order valence-corrected chi connectivity index (χ4v) is 4.24. The first kappa shape index (κ1) is 25.0. The maximum Gasteiger partial charge on any atom is 0.321 e. The van der Waals surface area contributed by atoms with Gasteiger partial charge in [-0.3, -0.25) is 4.90 Å². The highest BCUT2D eigenvalue weighted by molar-refractivity contribution is 6.30. The van der Waals surface area contributed by atoms with E-state index in [0.29, 0.717) is 37.0 Å². The van der Waals surface area contributed by atoms with Gasteiger partial charge in [0.1, 0.15) is 11.6 Å². The van der Waals surface area contributed by atoms with Crippen LogP contribution < -0.4 is 10.1 Å². The van der Waals surface area contributed by atoms with Gasteiger partial charge in [-0.1, -0.05) is 35.9 Å². The Labute approximate surface area is 210 Å². The molecular weight excluding hydrogens is 469 g/mol. The monoisotopic (exact) mass is 497 g/mol. The van der Waals surface area contributed by atoms with E-state index in [2.05, 4.69) is 10.2 Å². The van der Waals surface area contributed by atoms with Crippen molar-refractivity contribution in [3.05, 3.63) is 94.8 Å². The highest BCUT2D eigenvalue weighted by Crippen LogP contribution is 2.25. The molecule has 1 N–H and O–H groups in total. The Kier molecular flexibility index (Phi) is 8.58. The van der Waals surface area contributed by atoms with E-state index in [9.17, 15) is 9.18 Å². The summed E-state index contributed by atoms with van der Waals surface area (Å²) in [7, 11) is 1.65. The largest absolute Gasteiger partial charge is 0.497 e. The van der Waals surface area contributed by atoms with E-state index in [1.807, 2.05) is 48.5 Å². The van der Waals surface area contributed by atoms with Crippen molar-refractivity contribution >= 4 is 23.3 Å². The highest BCUT2D eigenvalue weighted by atomic mass is 35.5. The smallest absolute Gasteiger partial charge is 0.321 e. The van der Waals surface area contributed by atoms with Gasteiger partial charge in [-0.25, -0.2) is 9.18 Å². The van der Waals surface area contributed by atoms with Crippen LogP contribution in [0.4, 0.5) is 14.9 Å². The van der Waals surface area contributed by atoms with Crippen molar-refractivity contribution in [2.45, 2.75) is 12.7 Å². The number of urea groups is 1. The van der Waals surface area contributed by atoms with E-state index in [1.165, 1.54) is 12.1 Å². The number of carbonyl (C=O) groups is 1. The Bertz CT molecular complexity index is 1120. The summed E-state index contributed by atoms with van der Waals surface area (Å²) in [4.78, 5) is 16.7. The molecule has 8 heteroatoms. The van der Waals surface area contributed by atoms with Crippen molar-refractivity contribution in [3.63, 3.8) is 0 Å². The van der Waals surface area contributed by atoms with Crippen LogP contribution in [0.15, 0.2) is 72.8 Å². The van der Waals surface area contributed by atoms with Gasteiger partial charge in [0.25, 0.3) is 0 Å². The van der Waals surface area contributed by atoms with E-state index in [1.54, 1.807) is 24.1 Å². The normalized spacial score (nSPS) is 15.0. The molecule has 0 radical (unpaired) electrons. The lowest BCUT2D eigenvalue weighted by atomic mass is 10.1. The minimum absolute atomic E-state index is 0.177. The molecule has 2 amide bonds. The maximum atomic E-state index is 13.1. The number of anilines is 1. The van der Waals surface area contributed by atoms with Crippen LogP contribution in [0.1, 0.15) is 17.2 Å². The third-order valence-corrected chi connectivity index (χ3v) is 6.22. The van der Waals surface area contributed by atoms with Crippen LogP contribution >= 0.6 is 11.6 Å². The molecular formula is C27H29ClFN3O3. The third kappa shape index (κ3) is 7.18. The molecule has 3 aromatic carbocycles. The Morgan fingerprint density at radius 3 is 2.49 bits per heavy atom. The SMILES string of the molecule is COc1cccc([C@@H](CN2CCN(C(=O)Nc3ccc(F)cc3)CC2)OCc2cccc(Cl)c2)c1. The molecule has 4 rings (SSSR count). The van der Waals surface area contributed by atoms with Crippen LogP contribution in [0.25, 0.3) is 0 Å². The molecule has 1 aliphatic rings. The minimum Gasteiger partial charge on any atom is -0.497 e. The predicted octanol–water partition coefficient (Wildman–Crippen LogP) is 5.60. The average molecular weight is 498 g/mol. The van der Waals surface area contributed by atoms with Crippen LogP contribution in [-0.4, -0.2) is 55.7 Å². The summed E-state index contributed by atoms with van der Waals surface area (Å²) in [5.41, 5.74) is 2.61. The van der Waals surface area contributed by atoms with E-state index in [-0.39, 0.29) is 18.0 Å². The predicted molar refractivity (Wildman–Crippen MR) is 135 cm³/mol. The number of methoxy groups -OCH3 is 1. The second kappa shape index (κ2) is 12.0. The van der Waals surface area contributed by atoms with Crippen molar-refractivity contribution < 1.29 is 18.7 Å². The average Bonchev–Trinajstić information content (AvgIpc) is 2.88. The maximum absolute atomic E-state index is 13.1. The van der Waals surface area contributed by atoms with Crippen molar-refractivity contribution in [3.8, 4) is 5.75 Å². The van der Waals surface area contributed by atoms with Gasteiger partial charge in [0.2, 0.25) is 0 Å². The zero-order valence-corrected chi connectivity index (χ0v) is 20.4. The Morgan fingerprint density at radius 2 is 1.77 bits per heavy atom. The number of hydrogen-bond donors (Lipinski definition) is 1. The van der Waals surface area contributed by atoms with Crippen molar-refractivity contribution in [1.29, 1.82) is 0 Å². The first-order valence-electron chi connectivity index (χ1n) is 11.5. The Balaban J connectivity index is 1.36. The molecule has 1 atom stereocenters. The molecule has 6 nitrogen and oxygen atoms in total. The van der Waals surface area contributed by atoms with Gasteiger partial charge >= 0.3 is 6.03 Å². The fourth-order valence-electron chi connectivity index (χ4n) is 4.02. The van der Waals surface area contributed by atoms with Crippen molar-refractivity contribution in [2.24, 2.45) is 0 Å². The molecule has 0 aromatic heterocycles. The van der Waals surface area contributed by atoms with Crippen LogP contribution in [0, 0.1) is 5.82 Å². The molecule has 3 aromatic rings. The molecule has 1 heterocycles. The number of halogens is 2. The van der Waals surface area contributed by atoms with Crippen LogP contribution in [0.3, 0.4) is 0 Å². The van der Waals surface area contributed by atoms with Crippen LogP contribution in [0.5, 0.6) is 5.75 Å². The molecule has 0 unspecified atom stereocenters. The van der Waals surface area contributed by atoms with Crippen molar-refractivity contribution in [2.75, 3.05) is 45.2 Å². The number of carbonyl (C=O) groups excluding carboxylic acids is 1. The number of piperazine rings is 1. The second-order valence-electron chi connectivity index (χ2n) is 8.43. The molecule has 35 heavy (non-hydrogen) atoms. The first-order chi connectivity index (χ1) is 17.0. The molecule has 0 spiro atoms. The standard InChI is InChI=1S/C27H29ClFN3O3/c1-34-25-7-3-5-21(17-25)26(35-19-20-4-2-6-22(28)16-20)18-31-12-14-32(15-13-31)27(33)30-24-10-8-23(29)9-11-24/h2-11,16-17,26H,12-15,18-19H2,1H3,(H,30,33)/t26-/m1/s1. The lowest BCUT2D eigenvalue weighted by molar-refractivity contribution is 0.00584. The number of amides is 2. The van der Waals surface area contributed by atoms with Crippen LogP contribution in [0.2, 0.25) is 5.02 Å². The molecule has 1 fully saturated rings. The van der Waals surface area contributed by atoms with Gasteiger partial charge in [-0.2, -0.15) is 0 Å².